The van der Waals surface area contributed by atoms with Gasteiger partial charge in [-0.1, -0.05) is 12.1 Å². The van der Waals surface area contributed by atoms with Gasteiger partial charge in [-0.05, 0) is 36.8 Å². The minimum Gasteiger partial charge on any atom is -0.386 e. The molecule has 2 atom stereocenters. The fourth-order valence-corrected chi connectivity index (χ4v) is 2.73. The molecule has 0 fully saturated rings. The number of anilines is 1. The zero-order valence-corrected chi connectivity index (χ0v) is 13.4. The number of nitro groups is 1. The van der Waals surface area contributed by atoms with Crippen LogP contribution in [0.25, 0.3) is 10.8 Å². The van der Waals surface area contributed by atoms with Gasteiger partial charge in [-0.25, -0.2) is 4.39 Å². The van der Waals surface area contributed by atoms with Crippen molar-refractivity contribution >= 4 is 22.1 Å². The second-order valence-corrected chi connectivity index (χ2v) is 5.74. The predicted octanol–water partition coefficient (Wildman–Crippen LogP) is 3.82. The number of nitrogens with one attached hydrogen (secondary N) is 1. The molecule has 6 nitrogen and oxygen atoms in total. The number of benzene rings is 2. The van der Waals surface area contributed by atoms with Crippen LogP contribution in [0.3, 0.4) is 0 Å². The van der Waals surface area contributed by atoms with Crippen LogP contribution in [0, 0.1) is 15.9 Å². The smallest absolute Gasteiger partial charge is 0.278 e. The molecule has 0 spiro atoms. The van der Waals surface area contributed by atoms with Gasteiger partial charge < -0.3 is 10.4 Å². The van der Waals surface area contributed by atoms with Crippen molar-refractivity contribution in [2.75, 3.05) is 5.32 Å². The predicted molar refractivity (Wildman–Crippen MR) is 92.8 cm³/mol. The normalized spacial score (nSPS) is 13.4. The molecule has 0 aliphatic rings. The second kappa shape index (κ2) is 6.82. The van der Waals surface area contributed by atoms with Crippen molar-refractivity contribution in [3.05, 3.63) is 76.4 Å². The van der Waals surface area contributed by atoms with E-state index in [1.54, 1.807) is 25.3 Å². The Bertz CT molecular complexity index is 915. The molecule has 25 heavy (non-hydrogen) atoms. The lowest BCUT2D eigenvalue weighted by atomic mass is 10.0. The summed E-state index contributed by atoms with van der Waals surface area (Å²) in [6.45, 7) is 1.78. The molecule has 0 saturated carbocycles. The van der Waals surface area contributed by atoms with E-state index in [1.165, 1.54) is 36.5 Å². The first-order valence-corrected chi connectivity index (χ1v) is 7.68. The van der Waals surface area contributed by atoms with Gasteiger partial charge in [0.25, 0.3) is 5.69 Å². The average Bonchev–Trinajstić information content (AvgIpc) is 2.61. The van der Waals surface area contributed by atoms with Gasteiger partial charge in [-0.2, -0.15) is 0 Å². The molecular formula is C18H16FN3O3. The SMILES string of the molecule is CC(Nc1ccc([N+](=O)[O-])c2cnccc12)C(O)c1ccc(F)cc1. The molecule has 128 valence electrons. The number of hydrogen-bond acceptors (Lipinski definition) is 5. The molecule has 0 radical (unpaired) electrons. The number of nitro benzene ring substituents is 1. The lowest BCUT2D eigenvalue weighted by Crippen LogP contribution is -2.24. The van der Waals surface area contributed by atoms with Gasteiger partial charge in [0, 0.05) is 29.5 Å². The van der Waals surface area contributed by atoms with E-state index in [1.807, 2.05) is 0 Å². The molecule has 1 heterocycles. The summed E-state index contributed by atoms with van der Waals surface area (Å²) in [4.78, 5) is 14.7. The number of aromatic nitrogens is 1. The van der Waals surface area contributed by atoms with Gasteiger partial charge in [-0.15, -0.1) is 0 Å². The van der Waals surface area contributed by atoms with Crippen LogP contribution in [-0.4, -0.2) is 21.1 Å². The first kappa shape index (κ1) is 16.8. The lowest BCUT2D eigenvalue weighted by molar-refractivity contribution is -0.383. The van der Waals surface area contributed by atoms with Crippen molar-refractivity contribution < 1.29 is 14.4 Å². The van der Waals surface area contributed by atoms with Crippen LogP contribution >= 0.6 is 0 Å². The molecule has 3 aromatic rings. The van der Waals surface area contributed by atoms with Crippen LogP contribution in [0.4, 0.5) is 15.8 Å². The van der Waals surface area contributed by atoms with E-state index < -0.39 is 17.1 Å². The number of nitrogens with zero attached hydrogens (tertiary/aromatic N) is 2. The molecule has 0 amide bonds. The van der Waals surface area contributed by atoms with E-state index in [-0.39, 0.29) is 11.5 Å². The molecule has 0 aliphatic heterocycles. The van der Waals surface area contributed by atoms with Crippen molar-refractivity contribution in [2.24, 2.45) is 0 Å². The highest BCUT2D eigenvalue weighted by Crippen LogP contribution is 2.32. The molecule has 2 N–H and O–H groups in total. The molecule has 7 heteroatoms. The number of non-ortho nitro benzene ring substituents is 1. The summed E-state index contributed by atoms with van der Waals surface area (Å²) in [5, 5.41) is 25.8. The Morgan fingerprint density at radius 2 is 1.88 bits per heavy atom. The highest BCUT2D eigenvalue weighted by atomic mass is 19.1. The molecule has 0 bridgehead atoms. The first-order valence-electron chi connectivity index (χ1n) is 7.68. The zero-order chi connectivity index (χ0) is 18.0. The first-order chi connectivity index (χ1) is 12.0. The maximum absolute atomic E-state index is 13.0. The maximum Gasteiger partial charge on any atom is 0.278 e. The highest BCUT2D eigenvalue weighted by Gasteiger charge is 2.19. The summed E-state index contributed by atoms with van der Waals surface area (Å²) < 4.78 is 13.0. The van der Waals surface area contributed by atoms with Crippen molar-refractivity contribution in [2.45, 2.75) is 19.1 Å². The highest BCUT2D eigenvalue weighted by molar-refractivity contribution is 5.99. The quantitative estimate of drug-likeness (QED) is 0.544. The van der Waals surface area contributed by atoms with Gasteiger partial charge in [0.2, 0.25) is 0 Å². The van der Waals surface area contributed by atoms with E-state index in [9.17, 15) is 19.6 Å². The van der Waals surface area contributed by atoms with Crippen molar-refractivity contribution in [1.82, 2.24) is 4.98 Å². The Morgan fingerprint density at radius 1 is 1.16 bits per heavy atom. The topological polar surface area (TPSA) is 88.3 Å². The Kier molecular flexibility index (Phi) is 4.58. The lowest BCUT2D eigenvalue weighted by Gasteiger charge is -2.22. The van der Waals surface area contributed by atoms with Crippen LogP contribution in [0.15, 0.2) is 54.9 Å². The Hall–Kier alpha value is -3.06. The number of aliphatic hydroxyl groups is 1. The fraction of sp³-hybridized carbons (Fsp3) is 0.167. The maximum atomic E-state index is 13.0. The van der Waals surface area contributed by atoms with E-state index in [0.29, 0.717) is 22.0 Å². The zero-order valence-electron chi connectivity index (χ0n) is 13.4. The molecular weight excluding hydrogens is 325 g/mol. The van der Waals surface area contributed by atoms with Crippen molar-refractivity contribution in [3.8, 4) is 0 Å². The van der Waals surface area contributed by atoms with Gasteiger partial charge in [0.05, 0.1) is 22.5 Å². The van der Waals surface area contributed by atoms with Gasteiger partial charge >= 0.3 is 0 Å². The third-order valence-corrected chi connectivity index (χ3v) is 4.06. The second-order valence-electron chi connectivity index (χ2n) is 5.74. The Morgan fingerprint density at radius 3 is 2.56 bits per heavy atom. The number of aliphatic hydroxyl groups excluding tert-OH is 1. The third kappa shape index (κ3) is 3.41. The molecule has 2 aromatic carbocycles. The van der Waals surface area contributed by atoms with E-state index in [0.717, 1.165) is 0 Å². The van der Waals surface area contributed by atoms with Gasteiger partial charge in [0.15, 0.2) is 0 Å². The summed E-state index contributed by atoms with van der Waals surface area (Å²) in [5.74, 6) is -0.370. The molecule has 3 rings (SSSR count). The summed E-state index contributed by atoms with van der Waals surface area (Å²) in [7, 11) is 0. The van der Waals surface area contributed by atoms with E-state index in [2.05, 4.69) is 10.3 Å². The van der Waals surface area contributed by atoms with Crippen LogP contribution in [0.5, 0.6) is 0 Å². The average molecular weight is 341 g/mol. The van der Waals surface area contributed by atoms with Crippen LogP contribution in [0.2, 0.25) is 0 Å². The Balaban J connectivity index is 1.91. The van der Waals surface area contributed by atoms with Crippen LogP contribution < -0.4 is 5.32 Å². The molecule has 1 aromatic heterocycles. The van der Waals surface area contributed by atoms with E-state index >= 15 is 0 Å². The Labute approximate surface area is 143 Å². The number of fused-ring (bicyclic) bond motifs is 1. The van der Waals surface area contributed by atoms with Gasteiger partial charge in [0.1, 0.15) is 5.82 Å². The summed E-state index contributed by atoms with van der Waals surface area (Å²) in [6.07, 6.45) is 2.13. The van der Waals surface area contributed by atoms with E-state index in [4.69, 9.17) is 0 Å². The number of pyridine rings is 1. The number of halogens is 1. The molecule has 0 saturated heterocycles. The largest absolute Gasteiger partial charge is 0.386 e. The van der Waals surface area contributed by atoms with Crippen LogP contribution in [0.1, 0.15) is 18.6 Å². The monoisotopic (exact) mass is 341 g/mol. The van der Waals surface area contributed by atoms with Crippen LogP contribution in [-0.2, 0) is 0 Å². The fourth-order valence-electron chi connectivity index (χ4n) is 2.73. The molecule has 0 aliphatic carbocycles. The summed E-state index contributed by atoms with van der Waals surface area (Å²) in [6, 6.07) is 9.92. The number of hydrogen-bond donors (Lipinski definition) is 2. The van der Waals surface area contributed by atoms with Crippen molar-refractivity contribution in [3.63, 3.8) is 0 Å². The minimum atomic E-state index is -0.868. The summed E-state index contributed by atoms with van der Waals surface area (Å²) in [5.41, 5.74) is 1.20. The van der Waals surface area contributed by atoms with Crippen molar-refractivity contribution in [1.29, 1.82) is 0 Å². The third-order valence-electron chi connectivity index (χ3n) is 4.06. The summed E-state index contributed by atoms with van der Waals surface area (Å²) >= 11 is 0. The standard InChI is InChI=1S/C18H16FN3O3/c1-11(18(23)12-2-4-13(19)5-3-12)21-16-6-7-17(22(24)25)15-10-20-9-8-14(15)16/h2-11,18,21,23H,1H3. The minimum absolute atomic E-state index is 0.0274. The number of rotatable bonds is 5. The molecule has 2 unspecified atom stereocenters. The van der Waals surface area contributed by atoms with Gasteiger partial charge in [-0.3, -0.25) is 15.1 Å².